The number of rotatable bonds is 6. The number of nitrogens with one attached hydrogen (secondary N) is 2. The van der Waals surface area contributed by atoms with Crippen molar-refractivity contribution in [3.8, 4) is 0 Å². The Kier molecular flexibility index (Phi) is 3.44. The molecule has 0 aromatic carbocycles. The Hall–Kier alpha value is -0.380. The van der Waals surface area contributed by atoms with Crippen molar-refractivity contribution in [2.24, 2.45) is 5.41 Å². The number of thiophene rings is 1. The lowest BCUT2D eigenvalue weighted by atomic mass is 10.1. The zero-order valence-corrected chi connectivity index (χ0v) is 10.4. The molecular weight excluding hydrogens is 204 g/mol. The van der Waals surface area contributed by atoms with Crippen LogP contribution in [0.25, 0.3) is 0 Å². The predicted molar refractivity (Wildman–Crippen MR) is 66.4 cm³/mol. The minimum atomic E-state index is 0.569. The summed E-state index contributed by atoms with van der Waals surface area (Å²) in [6.07, 6.45) is 2.76. The lowest BCUT2D eigenvalue weighted by molar-refractivity contribution is 0.439. The molecule has 1 aromatic rings. The first-order chi connectivity index (χ1) is 7.26. The minimum absolute atomic E-state index is 0.569. The first-order valence-electron chi connectivity index (χ1n) is 5.64. The van der Waals surface area contributed by atoms with Crippen molar-refractivity contribution >= 4 is 11.3 Å². The molecular formula is C12H20N2S. The van der Waals surface area contributed by atoms with Gasteiger partial charge in [-0.3, -0.25) is 0 Å². The standard InChI is InChI=1S/C12H20N2S/c1-10-3-6-15-11(10)7-14-9-12(4-5-12)8-13-2/h3,6,13-14H,4-5,7-9H2,1-2H3. The van der Waals surface area contributed by atoms with Gasteiger partial charge in [0.15, 0.2) is 0 Å². The van der Waals surface area contributed by atoms with Gasteiger partial charge in [-0.05, 0) is 49.2 Å². The molecule has 1 aromatic heterocycles. The molecule has 1 heterocycles. The zero-order valence-electron chi connectivity index (χ0n) is 9.60. The van der Waals surface area contributed by atoms with Gasteiger partial charge in [0.1, 0.15) is 0 Å². The van der Waals surface area contributed by atoms with Crippen molar-refractivity contribution in [3.63, 3.8) is 0 Å². The van der Waals surface area contributed by atoms with E-state index < -0.39 is 0 Å². The lowest BCUT2D eigenvalue weighted by Crippen LogP contribution is -2.30. The van der Waals surface area contributed by atoms with Crippen LogP contribution in [0.15, 0.2) is 11.4 Å². The summed E-state index contributed by atoms with van der Waals surface area (Å²) in [5.74, 6) is 0. The summed E-state index contributed by atoms with van der Waals surface area (Å²) in [5.41, 5.74) is 1.99. The van der Waals surface area contributed by atoms with Crippen LogP contribution in [-0.2, 0) is 6.54 Å². The Morgan fingerprint density at radius 2 is 2.20 bits per heavy atom. The molecule has 0 atom stereocenters. The van der Waals surface area contributed by atoms with Gasteiger partial charge in [0.25, 0.3) is 0 Å². The van der Waals surface area contributed by atoms with Gasteiger partial charge in [0.05, 0.1) is 0 Å². The van der Waals surface area contributed by atoms with E-state index in [4.69, 9.17) is 0 Å². The van der Waals surface area contributed by atoms with Gasteiger partial charge in [-0.15, -0.1) is 11.3 Å². The maximum atomic E-state index is 3.59. The van der Waals surface area contributed by atoms with Crippen LogP contribution in [-0.4, -0.2) is 20.1 Å². The molecule has 1 fully saturated rings. The summed E-state index contributed by atoms with van der Waals surface area (Å²) in [6, 6.07) is 2.20. The van der Waals surface area contributed by atoms with E-state index in [9.17, 15) is 0 Å². The quantitative estimate of drug-likeness (QED) is 0.773. The Balaban J connectivity index is 1.73. The van der Waals surface area contributed by atoms with Crippen LogP contribution in [0.5, 0.6) is 0 Å². The summed E-state index contributed by atoms with van der Waals surface area (Å²) >= 11 is 1.86. The van der Waals surface area contributed by atoms with Gasteiger partial charge >= 0.3 is 0 Å². The molecule has 0 radical (unpaired) electrons. The molecule has 2 N–H and O–H groups in total. The molecule has 0 amide bonds. The van der Waals surface area contributed by atoms with Crippen molar-refractivity contribution in [1.29, 1.82) is 0 Å². The molecule has 0 spiro atoms. The molecule has 15 heavy (non-hydrogen) atoms. The second kappa shape index (κ2) is 4.64. The van der Waals surface area contributed by atoms with Gasteiger partial charge in [0, 0.05) is 24.5 Å². The van der Waals surface area contributed by atoms with E-state index >= 15 is 0 Å². The first-order valence-corrected chi connectivity index (χ1v) is 6.52. The van der Waals surface area contributed by atoms with Gasteiger partial charge < -0.3 is 10.6 Å². The van der Waals surface area contributed by atoms with Crippen molar-refractivity contribution < 1.29 is 0 Å². The Morgan fingerprint density at radius 1 is 1.40 bits per heavy atom. The van der Waals surface area contributed by atoms with Crippen LogP contribution < -0.4 is 10.6 Å². The van der Waals surface area contributed by atoms with Gasteiger partial charge in [0.2, 0.25) is 0 Å². The third kappa shape index (κ3) is 2.80. The average molecular weight is 224 g/mol. The smallest absolute Gasteiger partial charge is 0.0302 e. The summed E-state index contributed by atoms with van der Waals surface area (Å²) < 4.78 is 0. The van der Waals surface area contributed by atoms with Crippen LogP contribution in [0.2, 0.25) is 0 Å². The predicted octanol–water partition coefficient (Wildman–Crippen LogP) is 2.15. The van der Waals surface area contributed by atoms with E-state index in [0.717, 1.165) is 19.6 Å². The third-order valence-corrected chi connectivity index (χ3v) is 4.29. The van der Waals surface area contributed by atoms with Gasteiger partial charge in [-0.25, -0.2) is 0 Å². The first kappa shape index (κ1) is 11.1. The number of hydrogen-bond acceptors (Lipinski definition) is 3. The van der Waals surface area contributed by atoms with Crippen LogP contribution >= 0.6 is 11.3 Å². The van der Waals surface area contributed by atoms with E-state index in [0.29, 0.717) is 5.41 Å². The fourth-order valence-corrected chi connectivity index (χ4v) is 2.87. The maximum Gasteiger partial charge on any atom is 0.0302 e. The number of hydrogen-bond donors (Lipinski definition) is 2. The molecule has 2 nitrogen and oxygen atoms in total. The zero-order chi connectivity index (χ0) is 10.7. The largest absolute Gasteiger partial charge is 0.319 e. The van der Waals surface area contributed by atoms with E-state index in [2.05, 4.69) is 29.0 Å². The van der Waals surface area contributed by atoms with Crippen molar-refractivity contribution in [1.82, 2.24) is 10.6 Å². The molecule has 84 valence electrons. The lowest BCUT2D eigenvalue weighted by Gasteiger charge is -2.15. The second-order valence-electron chi connectivity index (χ2n) is 4.66. The van der Waals surface area contributed by atoms with Gasteiger partial charge in [-0.2, -0.15) is 0 Å². The number of aryl methyl sites for hydroxylation is 1. The van der Waals surface area contributed by atoms with Crippen LogP contribution in [0.3, 0.4) is 0 Å². The fraction of sp³-hybridized carbons (Fsp3) is 0.667. The monoisotopic (exact) mass is 224 g/mol. The third-order valence-electron chi connectivity index (χ3n) is 3.26. The molecule has 0 bridgehead atoms. The van der Waals surface area contributed by atoms with Crippen LogP contribution in [0.1, 0.15) is 23.3 Å². The molecule has 0 saturated heterocycles. The van der Waals surface area contributed by atoms with Crippen molar-refractivity contribution in [2.45, 2.75) is 26.3 Å². The highest BCUT2D eigenvalue weighted by Gasteiger charge is 2.41. The molecule has 1 saturated carbocycles. The Morgan fingerprint density at radius 3 is 2.73 bits per heavy atom. The summed E-state index contributed by atoms with van der Waals surface area (Å²) in [7, 11) is 2.05. The molecule has 3 heteroatoms. The fourth-order valence-electron chi connectivity index (χ4n) is 1.99. The summed E-state index contributed by atoms with van der Waals surface area (Å²) in [5, 5.41) is 9.05. The molecule has 1 aliphatic carbocycles. The Bertz CT molecular complexity index is 315. The SMILES string of the molecule is CNCC1(CNCc2sccc2C)CC1. The van der Waals surface area contributed by atoms with Crippen LogP contribution in [0, 0.1) is 12.3 Å². The van der Waals surface area contributed by atoms with Gasteiger partial charge in [-0.1, -0.05) is 0 Å². The molecule has 0 unspecified atom stereocenters. The summed E-state index contributed by atoms with van der Waals surface area (Å²) in [4.78, 5) is 1.48. The van der Waals surface area contributed by atoms with Crippen LogP contribution in [0.4, 0.5) is 0 Å². The molecule has 0 aliphatic heterocycles. The average Bonchev–Trinajstić information content (AvgIpc) is 2.85. The maximum absolute atomic E-state index is 3.59. The topological polar surface area (TPSA) is 24.1 Å². The molecule has 2 rings (SSSR count). The summed E-state index contributed by atoms with van der Waals surface area (Å²) in [6.45, 7) is 5.54. The normalized spacial score (nSPS) is 18.0. The Labute approximate surface area is 96.1 Å². The highest BCUT2D eigenvalue weighted by molar-refractivity contribution is 7.10. The van der Waals surface area contributed by atoms with Crippen molar-refractivity contribution in [3.05, 3.63) is 21.9 Å². The highest BCUT2D eigenvalue weighted by Crippen LogP contribution is 2.44. The van der Waals surface area contributed by atoms with Crippen molar-refractivity contribution in [2.75, 3.05) is 20.1 Å². The van der Waals surface area contributed by atoms with E-state index in [1.807, 2.05) is 18.4 Å². The minimum Gasteiger partial charge on any atom is -0.319 e. The highest BCUT2D eigenvalue weighted by atomic mass is 32.1. The van der Waals surface area contributed by atoms with E-state index in [-0.39, 0.29) is 0 Å². The van der Waals surface area contributed by atoms with E-state index in [1.165, 1.54) is 23.3 Å². The van der Waals surface area contributed by atoms with E-state index in [1.54, 1.807) is 0 Å². The molecule has 1 aliphatic rings. The second-order valence-corrected chi connectivity index (χ2v) is 5.66.